The molecule has 10 heteroatoms. The predicted octanol–water partition coefficient (Wildman–Crippen LogP) is 4.53. The number of methoxy groups -OCH3 is 4. The molecule has 0 fully saturated rings. The van der Waals surface area contributed by atoms with Crippen LogP contribution < -0.4 is 24.3 Å². The first-order valence-electron chi connectivity index (χ1n) is 11.9. The van der Waals surface area contributed by atoms with Crippen molar-refractivity contribution < 1.29 is 36.9 Å². The largest absolute Gasteiger partial charge is 0.493 e. The van der Waals surface area contributed by atoms with Crippen molar-refractivity contribution >= 4 is 5.78 Å². The topological polar surface area (TPSA) is 69.3 Å². The summed E-state index contributed by atoms with van der Waals surface area (Å²) in [6.45, 7) is 1.00. The van der Waals surface area contributed by atoms with Crippen molar-refractivity contribution in [3.05, 3.63) is 59.3 Å². The average molecular weight is 523 g/mol. The van der Waals surface area contributed by atoms with E-state index >= 15 is 0 Å². The number of hydrogen-bond acceptors (Lipinski definition) is 7. The molecule has 3 rings (SSSR count). The molecule has 0 amide bonds. The zero-order valence-electron chi connectivity index (χ0n) is 21.5. The van der Waals surface area contributed by atoms with Gasteiger partial charge >= 0.3 is 6.18 Å². The van der Waals surface area contributed by atoms with E-state index in [1.54, 1.807) is 39.4 Å². The third-order valence-corrected chi connectivity index (χ3v) is 6.31. The fourth-order valence-electron chi connectivity index (χ4n) is 4.32. The van der Waals surface area contributed by atoms with E-state index in [9.17, 15) is 18.0 Å². The third kappa shape index (κ3) is 7.31. The molecule has 1 aliphatic rings. The third-order valence-electron chi connectivity index (χ3n) is 6.31. The summed E-state index contributed by atoms with van der Waals surface area (Å²) < 4.78 is 60.6. The zero-order chi connectivity index (χ0) is 27.0. The number of carbonyl (C=O) groups excluding carboxylic acids is 1. The summed E-state index contributed by atoms with van der Waals surface area (Å²) in [5.74, 6) is 0.656. The van der Waals surface area contributed by atoms with E-state index in [1.807, 2.05) is 30.3 Å². The van der Waals surface area contributed by atoms with Crippen LogP contribution in [0.3, 0.4) is 0 Å². The van der Waals surface area contributed by atoms with Crippen molar-refractivity contribution in [2.45, 2.75) is 38.0 Å². The van der Waals surface area contributed by atoms with Crippen LogP contribution in [0.1, 0.15) is 24.0 Å². The van der Waals surface area contributed by atoms with Crippen LogP contribution in [0.5, 0.6) is 23.0 Å². The lowest BCUT2D eigenvalue weighted by molar-refractivity contribution is -0.167. The van der Waals surface area contributed by atoms with Gasteiger partial charge in [0, 0.05) is 24.9 Å². The molecule has 0 aromatic heterocycles. The van der Waals surface area contributed by atoms with E-state index in [2.05, 4.69) is 5.32 Å². The van der Waals surface area contributed by atoms with E-state index in [0.717, 1.165) is 11.1 Å². The number of alkyl halides is 3. The Morgan fingerprint density at radius 3 is 1.95 bits per heavy atom. The van der Waals surface area contributed by atoms with Gasteiger partial charge in [-0.05, 0) is 61.1 Å². The van der Waals surface area contributed by atoms with Gasteiger partial charge in [-0.3, -0.25) is 10.1 Å². The fourth-order valence-corrected chi connectivity index (χ4v) is 4.32. The Labute approximate surface area is 215 Å². The first-order chi connectivity index (χ1) is 17.7. The molecule has 0 radical (unpaired) electrons. The summed E-state index contributed by atoms with van der Waals surface area (Å²) in [5.41, 5.74) is 1.74. The molecule has 1 heterocycles. The molecule has 37 heavy (non-hydrogen) atoms. The Morgan fingerprint density at radius 2 is 1.43 bits per heavy atom. The van der Waals surface area contributed by atoms with Crippen LogP contribution in [0, 0.1) is 0 Å². The Hall–Kier alpha value is -3.40. The number of ether oxygens (including phenoxy) is 4. The van der Waals surface area contributed by atoms with E-state index in [0.29, 0.717) is 55.4 Å². The number of hydrogen-bond donors (Lipinski definition) is 1. The SMILES string of the molecule is COc1ccc(CCNC2CCC(C(=O)C(F)(F)F)=CN2CCc2ccc(OC)c(OC)c2)cc1OC. The number of nitrogens with one attached hydrogen (secondary N) is 1. The summed E-state index contributed by atoms with van der Waals surface area (Å²) in [7, 11) is 6.24. The highest BCUT2D eigenvalue weighted by Gasteiger charge is 2.41. The first-order valence-corrected chi connectivity index (χ1v) is 11.9. The highest BCUT2D eigenvalue weighted by Crippen LogP contribution is 2.30. The van der Waals surface area contributed by atoms with Crippen molar-refractivity contribution in [2.75, 3.05) is 41.5 Å². The lowest BCUT2D eigenvalue weighted by Gasteiger charge is -2.36. The molecule has 7 nitrogen and oxygen atoms in total. The number of nitrogens with zero attached hydrogens (tertiary/aromatic N) is 1. The van der Waals surface area contributed by atoms with E-state index in [1.165, 1.54) is 6.20 Å². The Bertz CT molecular complexity index is 1100. The van der Waals surface area contributed by atoms with Gasteiger partial charge in [0.1, 0.15) is 0 Å². The molecule has 2 aromatic rings. The van der Waals surface area contributed by atoms with Gasteiger partial charge in [0.05, 0.1) is 34.6 Å². The normalized spacial score (nSPS) is 15.7. The van der Waals surface area contributed by atoms with Gasteiger partial charge in [-0.15, -0.1) is 0 Å². The molecule has 1 aliphatic heterocycles. The van der Waals surface area contributed by atoms with Gasteiger partial charge in [-0.2, -0.15) is 13.2 Å². The van der Waals surface area contributed by atoms with Crippen LogP contribution in [0.4, 0.5) is 13.2 Å². The molecule has 1 unspecified atom stereocenters. The monoisotopic (exact) mass is 522 g/mol. The summed E-state index contributed by atoms with van der Waals surface area (Å²) in [4.78, 5) is 13.7. The minimum absolute atomic E-state index is 0.0548. The number of halogens is 3. The summed E-state index contributed by atoms with van der Waals surface area (Å²) in [6, 6.07) is 11.2. The fraction of sp³-hybridized carbons (Fsp3) is 0.444. The average Bonchev–Trinajstić information content (AvgIpc) is 2.90. The minimum atomic E-state index is -4.89. The number of rotatable bonds is 12. The molecule has 0 bridgehead atoms. The predicted molar refractivity (Wildman–Crippen MR) is 133 cm³/mol. The van der Waals surface area contributed by atoms with Crippen molar-refractivity contribution in [1.29, 1.82) is 0 Å². The molecule has 0 saturated heterocycles. The Balaban J connectivity index is 1.71. The van der Waals surface area contributed by atoms with Gasteiger partial charge < -0.3 is 23.8 Å². The quantitative estimate of drug-likeness (QED) is 0.439. The van der Waals surface area contributed by atoms with Crippen LogP contribution in [0.2, 0.25) is 0 Å². The molecular weight excluding hydrogens is 489 g/mol. The lowest BCUT2D eigenvalue weighted by atomic mass is 9.99. The van der Waals surface area contributed by atoms with E-state index in [4.69, 9.17) is 18.9 Å². The summed E-state index contributed by atoms with van der Waals surface area (Å²) in [6.07, 6.45) is -2.10. The molecule has 0 saturated carbocycles. The smallest absolute Gasteiger partial charge is 0.454 e. The maximum absolute atomic E-state index is 13.1. The van der Waals surface area contributed by atoms with E-state index in [-0.39, 0.29) is 18.2 Å². The van der Waals surface area contributed by atoms with Crippen molar-refractivity contribution in [1.82, 2.24) is 10.2 Å². The van der Waals surface area contributed by atoms with Gasteiger partial charge in [0.25, 0.3) is 5.78 Å². The highest BCUT2D eigenvalue weighted by atomic mass is 19.4. The van der Waals surface area contributed by atoms with Gasteiger partial charge in [0.2, 0.25) is 0 Å². The summed E-state index contributed by atoms with van der Waals surface area (Å²) in [5, 5.41) is 3.43. The zero-order valence-corrected chi connectivity index (χ0v) is 21.5. The number of benzene rings is 2. The van der Waals surface area contributed by atoms with Crippen LogP contribution in [-0.4, -0.2) is 64.6 Å². The van der Waals surface area contributed by atoms with Gasteiger partial charge in [-0.1, -0.05) is 12.1 Å². The Morgan fingerprint density at radius 1 is 0.892 bits per heavy atom. The number of allylic oxidation sites excluding steroid dienone is 1. The number of carbonyl (C=O) groups is 1. The second-order valence-electron chi connectivity index (χ2n) is 8.61. The second-order valence-corrected chi connectivity index (χ2v) is 8.61. The molecule has 202 valence electrons. The molecule has 2 aromatic carbocycles. The van der Waals surface area contributed by atoms with Crippen LogP contribution >= 0.6 is 0 Å². The maximum atomic E-state index is 13.1. The lowest BCUT2D eigenvalue weighted by Crippen LogP contribution is -2.47. The highest BCUT2D eigenvalue weighted by molar-refractivity contribution is 5.99. The van der Waals surface area contributed by atoms with Crippen LogP contribution in [0.15, 0.2) is 48.2 Å². The van der Waals surface area contributed by atoms with Crippen molar-refractivity contribution in [3.8, 4) is 23.0 Å². The first kappa shape index (κ1) is 28.2. The number of Topliss-reactive ketones (excluding diaryl/α,β-unsaturated/α-hetero) is 1. The molecule has 1 atom stereocenters. The van der Waals surface area contributed by atoms with Gasteiger partial charge in [-0.25, -0.2) is 0 Å². The van der Waals surface area contributed by atoms with Crippen LogP contribution in [0.25, 0.3) is 0 Å². The molecular formula is C27H33F3N2O5. The van der Waals surface area contributed by atoms with Crippen molar-refractivity contribution in [2.24, 2.45) is 0 Å². The second kappa shape index (κ2) is 12.7. The van der Waals surface area contributed by atoms with E-state index < -0.39 is 12.0 Å². The van der Waals surface area contributed by atoms with Crippen LogP contribution in [-0.2, 0) is 17.6 Å². The molecule has 1 N–H and O–H groups in total. The maximum Gasteiger partial charge on any atom is 0.454 e. The van der Waals surface area contributed by atoms with Gasteiger partial charge in [0.15, 0.2) is 23.0 Å². The minimum Gasteiger partial charge on any atom is -0.493 e. The molecule has 0 aliphatic carbocycles. The summed E-state index contributed by atoms with van der Waals surface area (Å²) >= 11 is 0. The molecule has 0 spiro atoms. The van der Waals surface area contributed by atoms with Crippen molar-refractivity contribution in [3.63, 3.8) is 0 Å². The number of ketones is 1. The Kier molecular flexibility index (Phi) is 9.68. The standard InChI is InChI=1S/C27H33F3N2O5/c1-34-21-8-5-18(15-23(21)36-3)11-13-31-25-10-7-20(26(33)27(28,29)30)17-32(25)14-12-19-6-9-22(35-2)24(16-19)37-4/h5-6,8-9,15-17,25,31H,7,10-14H2,1-4H3.